The number of fused-ring (bicyclic) bond motifs is 1. The topological polar surface area (TPSA) is 127 Å². The van der Waals surface area contributed by atoms with Gasteiger partial charge in [0.15, 0.2) is 0 Å². The zero-order valence-corrected chi connectivity index (χ0v) is 22.0. The molecule has 2 fully saturated rings. The maximum absolute atomic E-state index is 13.0. The van der Waals surface area contributed by atoms with Crippen molar-refractivity contribution in [1.82, 2.24) is 15.2 Å². The van der Waals surface area contributed by atoms with Crippen LogP contribution in [0.4, 0.5) is 10.6 Å². The van der Waals surface area contributed by atoms with Crippen LogP contribution in [-0.2, 0) is 27.5 Å². The van der Waals surface area contributed by atoms with Gasteiger partial charge in [0, 0.05) is 24.7 Å². The third kappa shape index (κ3) is 6.37. The van der Waals surface area contributed by atoms with E-state index < -0.39 is 18.2 Å². The predicted molar refractivity (Wildman–Crippen MR) is 149 cm³/mol. The van der Waals surface area contributed by atoms with Crippen molar-refractivity contribution in [3.63, 3.8) is 0 Å². The van der Waals surface area contributed by atoms with Crippen molar-refractivity contribution in [3.8, 4) is 0 Å². The summed E-state index contributed by atoms with van der Waals surface area (Å²) in [6.45, 7) is 1.06. The van der Waals surface area contributed by atoms with Crippen molar-refractivity contribution in [2.45, 2.75) is 63.8 Å². The molecule has 2 atom stereocenters. The van der Waals surface area contributed by atoms with Crippen molar-refractivity contribution in [2.75, 3.05) is 11.9 Å². The molecule has 204 valence electrons. The summed E-state index contributed by atoms with van der Waals surface area (Å²) in [4.78, 5) is 44.1. The van der Waals surface area contributed by atoms with Gasteiger partial charge in [-0.1, -0.05) is 61.7 Å². The monoisotopic (exact) mass is 529 g/mol. The number of aromatic nitrogens is 1. The highest BCUT2D eigenvalue weighted by Crippen LogP contribution is 2.29. The molecule has 0 bridgehead atoms. The van der Waals surface area contributed by atoms with Gasteiger partial charge >= 0.3 is 6.09 Å². The molecule has 3 amide bonds. The molecule has 3 aromatic rings. The average molecular weight is 530 g/mol. The van der Waals surface area contributed by atoms with Gasteiger partial charge in [0.2, 0.25) is 11.8 Å². The van der Waals surface area contributed by atoms with E-state index in [2.05, 4.69) is 15.6 Å². The van der Waals surface area contributed by atoms with Crippen LogP contribution < -0.4 is 16.4 Å². The van der Waals surface area contributed by atoms with E-state index in [1.807, 2.05) is 54.6 Å². The number of nitrogens with two attached hydrogens (primary N) is 1. The first-order valence-electron chi connectivity index (χ1n) is 13.7. The average Bonchev–Trinajstić information content (AvgIpc) is 2.95. The predicted octanol–water partition coefficient (Wildman–Crippen LogP) is 4.11. The first-order chi connectivity index (χ1) is 19.0. The number of likely N-dealkylation sites (tertiary alicyclic amines) is 1. The molecule has 2 heterocycles. The Bertz CT molecular complexity index is 1330. The maximum atomic E-state index is 13.0. The number of rotatable bonds is 8. The second-order valence-electron chi connectivity index (χ2n) is 10.4. The SMILES string of the molecule is N[C@@H](C(=O)N1CC[C@H]1C(=O)NCc1ccc2c(NC(=O)OCc3ccccc3)nccc2c1)C1CCCCC1. The molecule has 39 heavy (non-hydrogen) atoms. The van der Waals surface area contributed by atoms with Crippen LogP contribution in [0.5, 0.6) is 0 Å². The number of nitrogens with one attached hydrogen (secondary N) is 2. The number of hydrogen-bond donors (Lipinski definition) is 3. The molecule has 9 nitrogen and oxygen atoms in total. The van der Waals surface area contributed by atoms with Gasteiger partial charge in [-0.3, -0.25) is 14.9 Å². The Labute approximate surface area is 228 Å². The van der Waals surface area contributed by atoms with Crippen LogP contribution in [0.1, 0.15) is 49.7 Å². The summed E-state index contributed by atoms with van der Waals surface area (Å²) in [5, 5.41) is 7.31. The van der Waals surface area contributed by atoms with Gasteiger partial charge in [0.05, 0.1) is 6.04 Å². The minimum Gasteiger partial charge on any atom is -0.444 e. The van der Waals surface area contributed by atoms with Crippen LogP contribution >= 0.6 is 0 Å². The van der Waals surface area contributed by atoms with E-state index in [-0.39, 0.29) is 24.3 Å². The Hall–Kier alpha value is -3.98. The Morgan fingerprint density at radius 3 is 2.54 bits per heavy atom. The van der Waals surface area contributed by atoms with Crippen molar-refractivity contribution in [3.05, 3.63) is 71.9 Å². The van der Waals surface area contributed by atoms with Gasteiger partial charge in [0.25, 0.3) is 0 Å². The molecule has 1 saturated heterocycles. The maximum Gasteiger partial charge on any atom is 0.413 e. The lowest BCUT2D eigenvalue weighted by Gasteiger charge is -2.42. The Morgan fingerprint density at radius 1 is 1.00 bits per heavy atom. The summed E-state index contributed by atoms with van der Waals surface area (Å²) < 4.78 is 5.31. The van der Waals surface area contributed by atoms with Crippen LogP contribution in [0.15, 0.2) is 60.8 Å². The fourth-order valence-corrected chi connectivity index (χ4v) is 5.41. The second kappa shape index (κ2) is 12.3. The molecule has 0 unspecified atom stereocenters. The lowest BCUT2D eigenvalue weighted by molar-refractivity contribution is -0.149. The first-order valence-corrected chi connectivity index (χ1v) is 13.7. The second-order valence-corrected chi connectivity index (χ2v) is 10.4. The van der Waals surface area contributed by atoms with Crippen molar-refractivity contribution in [1.29, 1.82) is 0 Å². The number of benzene rings is 2. The summed E-state index contributed by atoms with van der Waals surface area (Å²) in [5.74, 6) is 0.351. The van der Waals surface area contributed by atoms with E-state index in [4.69, 9.17) is 10.5 Å². The zero-order chi connectivity index (χ0) is 27.2. The van der Waals surface area contributed by atoms with Gasteiger partial charge in [-0.15, -0.1) is 0 Å². The summed E-state index contributed by atoms with van der Waals surface area (Å²) in [6, 6.07) is 16.0. The molecule has 1 aromatic heterocycles. The molecule has 5 rings (SSSR count). The first kappa shape index (κ1) is 26.6. The lowest BCUT2D eigenvalue weighted by Crippen LogP contribution is -2.62. The van der Waals surface area contributed by atoms with Gasteiger partial charge in [-0.25, -0.2) is 9.78 Å². The molecule has 0 spiro atoms. The van der Waals surface area contributed by atoms with Gasteiger partial charge in [-0.05, 0) is 53.8 Å². The zero-order valence-electron chi connectivity index (χ0n) is 22.0. The Balaban J connectivity index is 1.15. The van der Waals surface area contributed by atoms with Crippen LogP contribution in [0.2, 0.25) is 0 Å². The fraction of sp³-hybridized carbons (Fsp3) is 0.400. The number of pyridine rings is 1. The smallest absolute Gasteiger partial charge is 0.413 e. The number of carbonyl (C=O) groups is 3. The van der Waals surface area contributed by atoms with Crippen LogP contribution in [0.3, 0.4) is 0 Å². The van der Waals surface area contributed by atoms with E-state index in [1.54, 1.807) is 11.1 Å². The van der Waals surface area contributed by atoms with Gasteiger partial charge < -0.3 is 20.7 Å². The van der Waals surface area contributed by atoms with Crippen LogP contribution in [0.25, 0.3) is 10.8 Å². The number of nitrogens with zero attached hydrogens (tertiary/aromatic N) is 2. The molecular weight excluding hydrogens is 494 g/mol. The molecule has 2 aromatic carbocycles. The van der Waals surface area contributed by atoms with E-state index in [0.717, 1.165) is 47.6 Å². The summed E-state index contributed by atoms with van der Waals surface area (Å²) >= 11 is 0. The quantitative estimate of drug-likeness (QED) is 0.403. The highest BCUT2D eigenvalue weighted by atomic mass is 16.5. The normalized spacial score (nSPS) is 18.2. The van der Waals surface area contributed by atoms with Gasteiger partial charge in [0.1, 0.15) is 18.5 Å². The molecule has 1 saturated carbocycles. The number of hydrogen-bond acceptors (Lipinski definition) is 6. The molecule has 0 radical (unpaired) electrons. The highest BCUT2D eigenvalue weighted by molar-refractivity contribution is 5.98. The van der Waals surface area contributed by atoms with Crippen molar-refractivity contribution < 1.29 is 19.1 Å². The standard InChI is InChI=1S/C30H35N5O4/c31-26(22-9-5-2-6-10-22)29(37)35-16-14-25(35)28(36)33-18-21-11-12-24-23(17-21)13-15-32-27(24)34-30(38)39-19-20-7-3-1-4-8-20/h1,3-4,7-8,11-13,15,17,22,25-26H,2,5-6,9-10,14,16,18-19,31H2,(H,33,36)(H,32,34,38)/t25-,26+/m0/s1. The molecule has 2 aliphatic rings. The molecule has 9 heteroatoms. The Kier molecular flexibility index (Phi) is 8.36. The summed E-state index contributed by atoms with van der Waals surface area (Å²) in [6.07, 6.45) is 7.09. The minimum absolute atomic E-state index is 0.103. The van der Waals surface area contributed by atoms with Crippen molar-refractivity contribution >= 4 is 34.5 Å². The number of amides is 3. The fourth-order valence-electron chi connectivity index (χ4n) is 5.41. The van der Waals surface area contributed by atoms with E-state index in [9.17, 15) is 14.4 Å². The summed E-state index contributed by atoms with van der Waals surface area (Å²) in [7, 11) is 0. The van der Waals surface area contributed by atoms with E-state index >= 15 is 0 Å². The van der Waals surface area contributed by atoms with Crippen LogP contribution in [-0.4, -0.2) is 46.4 Å². The van der Waals surface area contributed by atoms with Crippen LogP contribution in [0, 0.1) is 5.92 Å². The Morgan fingerprint density at radius 2 is 1.79 bits per heavy atom. The van der Waals surface area contributed by atoms with E-state index in [0.29, 0.717) is 25.3 Å². The number of carbonyl (C=O) groups excluding carboxylic acids is 3. The largest absolute Gasteiger partial charge is 0.444 e. The molecule has 4 N–H and O–H groups in total. The third-order valence-electron chi connectivity index (χ3n) is 7.78. The molecular formula is C30H35N5O4. The van der Waals surface area contributed by atoms with E-state index in [1.165, 1.54) is 6.42 Å². The molecule has 1 aliphatic carbocycles. The third-order valence-corrected chi connectivity index (χ3v) is 7.78. The highest BCUT2D eigenvalue weighted by Gasteiger charge is 2.41. The van der Waals surface area contributed by atoms with Crippen molar-refractivity contribution in [2.24, 2.45) is 11.7 Å². The van der Waals surface area contributed by atoms with Gasteiger partial charge in [-0.2, -0.15) is 0 Å². The number of ether oxygens (including phenoxy) is 1. The molecule has 1 aliphatic heterocycles. The summed E-state index contributed by atoms with van der Waals surface area (Å²) in [5.41, 5.74) is 8.10. The lowest BCUT2D eigenvalue weighted by atomic mass is 9.83. The number of anilines is 1. The minimum atomic E-state index is -0.585.